The SMILES string of the molecule is O=[N+]([O-])c1ccc(O/N=C2\CC(c3ccccc3)C2c2ccccc2)cc1. The molecular formula is C22H18N2O3. The Bertz CT molecular complexity index is 954. The molecule has 0 bridgehead atoms. The minimum absolute atomic E-state index is 0.0324. The standard InChI is InChI=1S/C22H18N2O3/c25-24(26)18-11-13-19(14-12-18)27-23-21-15-20(16-7-3-1-4-8-16)22(21)17-9-5-2-6-10-17/h1-14,20,22H,15H2/b23-21+. The number of rotatable bonds is 5. The quantitative estimate of drug-likeness (QED) is 0.459. The zero-order valence-electron chi connectivity index (χ0n) is 14.6. The van der Waals surface area contributed by atoms with Crippen LogP contribution in [0.1, 0.15) is 29.4 Å². The molecule has 2 unspecified atom stereocenters. The van der Waals surface area contributed by atoms with Gasteiger partial charge in [-0.2, -0.15) is 0 Å². The molecule has 0 saturated heterocycles. The summed E-state index contributed by atoms with van der Waals surface area (Å²) >= 11 is 0. The van der Waals surface area contributed by atoms with Crippen molar-refractivity contribution in [2.45, 2.75) is 18.3 Å². The molecule has 1 saturated carbocycles. The third kappa shape index (κ3) is 3.58. The summed E-state index contributed by atoms with van der Waals surface area (Å²) in [6, 6.07) is 26.7. The smallest absolute Gasteiger partial charge is 0.269 e. The summed E-state index contributed by atoms with van der Waals surface area (Å²) < 4.78 is 0. The molecule has 0 aliphatic heterocycles. The number of nitro benzene ring substituents is 1. The second kappa shape index (κ2) is 7.41. The van der Waals surface area contributed by atoms with E-state index in [0.29, 0.717) is 11.7 Å². The highest BCUT2D eigenvalue weighted by molar-refractivity contribution is 5.98. The zero-order chi connectivity index (χ0) is 18.6. The Kier molecular flexibility index (Phi) is 4.66. The van der Waals surface area contributed by atoms with Crippen molar-refractivity contribution in [3.63, 3.8) is 0 Å². The number of nitro groups is 1. The van der Waals surface area contributed by atoms with Gasteiger partial charge in [-0.1, -0.05) is 65.8 Å². The predicted octanol–water partition coefficient (Wildman–Crippen LogP) is 5.30. The van der Waals surface area contributed by atoms with Gasteiger partial charge in [0.2, 0.25) is 0 Å². The number of hydrogen-bond donors (Lipinski definition) is 0. The molecule has 4 rings (SSSR count). The van der Waals surface area contributed by atoms with E-state index >= 15 is 0 Å². The molecule has 0 radical (unpaired) electrons. The van der Waals surface area contributed by atoms with Gasteiger partial charge in [0.15, 0.2) is 5.75 Å². The summed E-state index contributed by atoms with van der Waals surface area (Å²) in [7, 11) is 0. The first-order valence-electron chi connectivity index (χ1n) is 8.80. The highest BCUT2D eigenvalue weighted by Crippen LogP contribution is 2.47. The van der Waals surface area contributed by atoms with Crippen molar-refractivity contribution in [1.29, 1.82) is 0 Å². The third-order valence-corrected chi connectivity index (χ3v) is 4.89. The molecule has 5 nitrogen and oxygen atoms in total. The fourth-order valence-corrected chi connectivity index (χ4v) is 3.47. The van der Waals surface area contributed by atoms with Gasteiger partial charge in [-0.25, -0.2) is 0 Å². The molecule has 134 valence electrons. The summed E-state index contributed by atoms with van der Waals surface area (Å²) in [5.74, 6) is 1.03. The minimum Gasteiger partial charge on any atom is -0.357 e. The topological polar surface area (TPSA) is 64.7 Å². The van der Waals surface area contributed by atoms with Gasteiger partial charge in [0.25, 0.3) is 5.69 Å². The van der Waals surface area contributed by atoms with Crippen molar-refractivity contribution in [3.05, 3.63) is 106 Å². The predicted molar refractivity (Wildman–Crippen MR) is 104 cm³/mol. The van der Waals surface area contributed by atoms with Gasteiger partial charge in [-0.05, 0) is 29.7 Å². The van der Waals surface area contributed by atoms with E-state index in [4.69, 9.17) is 4.84 Å². The van der Waals surface area contributed by atoms with Crippen LogP contribution in [-0.4, -0.2) is 10.6 Å². The maximum atomic E-state index is 10.7. The fraction of sp³-hybridized carbons (Fsp3) is 0.136. The summed E-state index contributed by atoms with van der Waals surface area (Å²) in [6.45, 7) is 0. The van der Waals surface area contributed by atoms with Crippen molar-refractivity contribution in [1.82, 2.24) is 0 Å². The summed E-state index contributed by atoms with van der Waals surface area (Å²) in [5.41, 5.74) is 3.52. The van der Waals surface area contributed by atoms with E-state index in [-0.39, 0.29) is 11.6 Å². The van der Waals surface area contributed by atoms with Crippen molar-refractivity contribution in [2.24, 2.45) is 5.16 Å². The lowest BCUT2D eigenvalue weighted by Crippen LogP contribution is -2.34. The van der Waals surface area contributed by atoms with E-state index in [0.717, 1.165) is 12.1 Å². The Morgan fingerprint density at radius 2 is 1.44 bits per heavy atom. The molecule has 0 spiro atoms. The lowest BCUT2D eigenvalue weighted by atomic mass is 9.65. The molecular weight excluding hydrogens is 340 g/mol. The van der Waals surface area contributed by atoms with Crippen LogP contribution >= 0.6 is 0 Å². The third-order valence-electron chi connectivity index (χ3n) is 4.89. The van der Waals surface area contributed by atoms with Crippen LogP contribution in [0.15, 0.2) is 90.1 Å². The minimum atomic E-state index is -0.433. The second-order valence-electron chi connectivity index (χ2n) is 6.53. The molecule has 1 aliphatic rings. The Morgan fingerprint density at radius 3 is 2.04 bits per heavy atom. The first-order chi connectivity index (χ1) is 13.2. The Hall–Kier alpha value is -3.47. The average molecular weight is 358 g/mol. The van der Waals surface area contributed by atoms with E-state index in [9.17, 15) is 10.1 Å². The van der Waals surface area contributed by atoms with Crippen LogP contribution in [0.3, 0.4) is 0 Å². The number of oxime groups is 1. The first kappa shape index (κ1) is 17.0. The van der Waals surface area contributed by atoms with Gasteiger partial charge < -0.3 is 4.84 Å². The molecule has 0 aromatic heterocycles. The summed E-state index contributed by atoms with van der Waals surface area (Å²) in [6.07, 6.45) is 0.830. The van der Waals surface area contributed by atoms with E-state index in [1.54, 1.807) is 12.1 Å². The highest BCUT2D eigenvalue weighted by Gasteiger charge is 2.40. The monoisotopic (exact) mass is 358 g/mol. The maximum absolute atomic E-state index is 10.7. The number of hydrogen-bond acceptors (Lipinski definition) is 4. The normalized spacial score (nSPS) is 20.1. The number of benzene rings is 3. The average Bonchev–Trinajstić information content (AvgIpc) is 2.69. The number of non-ortho nitro benzene ring substituents is 1. The van der Waals surface area contributed by atoms with Gasteiger partial charge in [0.1, 0.15) is 0 Å². The van der Waals surface area contributed by atoms with Crippen molar-refractivity contribution >= 4 is 11.4 Å². The molecule has 3 aromatic rings. The van der Waals surface area contributed by atoms with Crippen LogP contribution in [0, 0.1) is 10.1 Å². The van der Waals surface area contributed by atoms with E-state index < -0.39 is 4.92 Å². The molecule has 0 heterocycles. The summed E-state index contributed by atoms with van der Waals surface area (Å²) in [5, 5.41) is 15.1. The van der Waals surface area contributed by atoms with Gasteiger partial charge in [0.05, 0.1) is 10.6 Å². The van der Waals surface area contributed by atoms with Crippen molar-refractivity contribution < 1.29 is 9.76 Å². The van der Waals surface area contributed by atoms with Crippen LogP contribution in [0.25, 0.3) is 0 Å². The van der Waals surface area contributed by atoms with Crippen LogP contribution in [-0.2, 0) is 0 Å². The van der Waals surface area contributed by atoms with Crippen molar-refractivity contribution in [2.75, 3.05) is 0 Å². The second-order valence-corrected chi connectivity index (χ2v) is 6.53. The Morgan fingerprint density at radius 1 is 0.852 bits per heavy atom. The lowest BCUT2D eigenvalue weighted by molar-refractivity contribution is -0.384. The van der Waals surface area contributed by atoms with Crippen LogP contribution in [0.2, 0.25) is 0 Å². The molecule has 0 N–H and O–H groups in total. The summed E-state index contributed by atoms with van der Waals surface area (Å²) in [4.78, 5) is 15.9. The van der Waals surface area contributed by atoms with E-state index in [1.165, 1.54) is 23.3 Å². The lowest BCUT2D eigenvalue weighted by Gasteiger charge is -2.38. The van der Waals surface area contributed by atoms with Gasteiger partial charge in [-0.3, -0.25) is 10.1 Å². The molecule has 5 heteroatoms. The molecule has 27 heavy (non-hydrogen) atoms. The molecule has 1 fully saturated rings. The van der Waals surface area contributed by atoms with Gasteiger partial charge in [-0.15, -0.1) is 0 Å². The fourth-order valence-electron chi connectivity index (χ4n) is 3.47. The Balaban J connectivity index is 1.56. The van der Waals surface area contributed by atoms with E-state index in [2.05, 4.69) is 41.6 Å². The van der Waals surface area contributed by atoms with Crippen LogP contribution < -0.4 is 4.84 Å². The Labute approximate surface area is 157 Å². The van der Waals surface area contributed by atoms with Crippen LogP contribution in [0.4, 0.5) is 5.69 Å². The maximum Gasteiger partial charge on any atom is 0.269 e. The number of nitrogens with zero attached hydrogens (tertiary/aromatic N) is 2. The molecule has 3 aromatic carbocycles. The van der Waals surface area contributed by atoms with Gasteiger partial charge >= 0.3 is 0 Å². The van der Waals surface area contributed by atoms with E-state index in [1.807, 2.05) is 24.3 Å². The first-order valence-corrected chi connectivity index (χ1v) is 8.80. The zero-order valence-corrected chi connectivity index (χ0v) is 14.6. The van der Waals surface area contributed by atoms with Crippen LogP contribution in [0.5, 0.6) is 5.75 Å². The largest absolute Gasteiger partial charge is 0.357 e. The molecule has 1 aliphatic carbocycles. The van der Waals surface area contributed by atoms with Crippen molar-refractivity contribution in [3.8, 4) is 5.75 Å². The molecule has 0 amide bonds. The molecule has 2 atom stereocenters. The highest BCUT2D eigenvalue weighted by atomic mass is 16.6. The van der Waals surface area contributed by atoms with Gasteiger partial charge in [0, 0.05) is 24.0 Å².